The molecule has 1 aromatic heterocycles. The summed E-state index contributed by atoms with van der Waals surface area (Å²) in [4.78, 5) is 8.32. The minimum absolute atomic E-state index is 0.0156. The average molecular weight is 425 g/mol. The number of benzene rings is 1. The molecule has 0 aliphatic heterocycles. The van der Waals surface area contributed by atoms with Crippen LogP contribution in [0, 0.1) is 0 Å². The molecule has 27 heavy (non-hydrogen) atoms. The molecule has 0 spiro atoms. The molecule has 144 valence electrons. The summed E-state index contributed by atoms with van der Waals surface area (Å²) < 4.78 is 5.11. The molecule has 1 aliphatic carbocycles. The maximum absolute atomic E-state index is 6.24. The summed E-state index contributed by atoms with van der Waals surface area (Å²) in [7, 11) is 1.52. The predicted octanol–water partition coefficient (Wildman–Crippen LogP) is 4.98. The van der Waals surface area contributed by atoms with Crippen LogP contribution in [0.4, 0.5) is 5.95 Å². The van der Waals surface area contributed by atoms with Crippen molar-refractivity contribution in [1.29, 1.82) is 0 Å². The van der Waals surface area contributed by atoms with Gasteiger partial charge in [0.2, 0.25) is 11.8 Å². The van der Waals surface area contributed by atoms with Crippen LogP contribution in [0.2, 0.25) is 10.2 Å². The van der Waals surface area contributed by atoms with Crippen LogP contribution in [0.15, 0.2) is 30.3 Å². The fourth-order valence-corrected chi connectivity index (χ4v) is 4.09. The van der Waals surface area contributed by atoms with Crippen molar-refractivity contribution in [2.24, 2.45) is 0 Å². The smallest absolute Gasteiger partial charge is 0.233 e. The van der Waals surface area contributed by atoms with Gasteiger partial charge >= 0.3 is 0 Å². The molecule has 0 radical (unpaired) electrons. The Kier molecular flexibility index (Phi) is 6.73. The summed E-state index contributed by atoms with van der Waals surface area (Å²) in [6.07, 6.45) is 5.86. The third-order valence-corrected chi connectivity index (χ3v) is 5.62. The number of thiocarbonyl (C=S) groups is 1. The standard InChI is InChI=1S/C19H22Cl2N4OS/c1-26-16-11-15(21)23-17(24-16)25-18(27)22-12-19(8-3-2-4-9-19)13-6-5-7-14(20)10-13/h5-7,10-11H,2-4,8-9,12H2,1H3,(H2,22,23,24,25,27). The number of nitrogens with one attached hydrogen (secondary N) is 2. The topological polar surface area (TPSA) is 59.1 Å². The highest BCUT2D eigenvalue weighted by Gasteiger charge is 2.34. The Bertz CT molecular complexity index is 812. The van der Waals surface area contributed by atoms with E-state index in [0.717, 1.165) is 24.4 Å². The van der Waals surface area contributed by atoms with E-state index in [1.807, 2.05) is 12.1 Å². The van der Waals surface area contributed by atoms with Gasteiger partial charge in [0.05, 0.1) is 7.11 Å². The molecule has 0 saturated heterocycles. The lowest BCUT2D eigenvalue weighted by Crippen LogP contribution is -2.43. The summed E-state index contributed by atoms with van der Waals surface area (Å²) in [6.45, 7) is 0.719. The molecule has 1 heterocycles. The first kappa shape index (κ1) is 20.1. The molecule has 8 heteroatoms. The fourth-order valence-electron chi connectivity index (χ4n) is 3.57. The molecule has 5 nitrogen and oxygen atoms in total. The first-order valence-corrected chi connectivity index (χ1v) is 10.1. The molecule has 0 unspecified atom stereocenters. The largest absolute Gasteiger partial charge is 0.481 e. The van der Waals surface area contributed by atoms with Crippen molar-refractivity contribution >= 4 is 46.5 Å². The normalized spacial score (nSPS) is 15.8. The predicted molar refractivity (Wildman–Crippen MR) is 114 cm³/mol. The SMILES string of the molecule is COc1cc(Cl)nc(NC(=S)NCC2(c3cccc(Cl)c3)CCCCC2)n1. The van der Waals surface area contributed by atoms with E-state index in [1.165, 1.54) is 31.9 Å². The lowest BCUT2D eigenvalue weighted by atomic mass is 9.69. The van der Waals surface area contributed by atoms with Gasteiger partial charge in [0, 0.05) is 23.0 Å². The second kappa shape index (κ2) is 9.04. The summed E-state index contributed by atoms with van der Waals surface area (Å²) in [5, 5.41) is 7.81. The number of hydrogen-bond acceptors (Lipinski definition) is 4. The quantitative estimate of drug-likeness (QED) is 0.521. The van der Waals surface area contributed by atoms with Crippen molar-refractivity contribution < 1.29 is 4.74 Å². The number of halogens is 2. The third kappa shape index (κ3) is 5.21. The Hall–Kier alpha value is -1.63. The summed E-state index contributed by atoms with van der Waals surface area (Å²) >= 11 is 17.7. The monoisotopic (exact) mass is 424 g/mol. The maximum atomic E-state index is 6.24. The number of rotatable bonds is 5. The van der Waals surface area contributed by atoms with Gasteiger partial charge in [-0.15, -0.1) is 0 Å². The van der Waals surface area contributed by atoms with Crippen molar-refractivity contribution in [3.8, 4) is 5.88 Å². The van der Waals surface area contributed by atoms with E-state index in [2.05, 4.69) is 32.7 Å². The van der Waals surface area contributed by atoms with Gasteiger partial charge < -0.3 is 15.4 Å². The van der Waals surface area contributed by atoms with Crippen LogP contribution in [0.25, 0.3) is 0 Å². The van der Waals surface area contributed by atoms with Crippen LogP contribution < -0.4 is 15.4 Å². The molecule has 2 N–H and O–H groups in total. The van der Waals surface area contributed by atoms with E-state index < -0.39 is 0 Å². The second-order valence-electron chi connectivity index (χ2n) is 6.72. The Morgan fingerprint density at radius 1 is 1.19 bits per heavy atom. The van der Waals surface area contributed by atoms with Crippen molar-refractivity contribution in [2.45, 2.75) is 37.5 Å². The van der Waals surface area contributed by atoms with Gasteiger partial charge in [0.1, 0.15) is 5.15 Å². The van der Waals surface area contributed by atoms with Crippen LogP contribution in [0.3, 0.4) is 0 Å². The molecule has 1 fully saturated rings. The van der Waals surface area contributed by atoms with E-state index in [0.29, 0.717) is 16.9 Å². The molecule has 1 saturated carbocycles. The number of aromatic nitrogens is 2. The molecule has 2 aromatic rings. The van der Waals surface area contributed by atoms with Crippen molar-refractivity contribution in [3.63, 3.8) is 0 Å². The molecule has 0 bridgehead atoms. The third-order valence-electron chi connectivity index (χ3n) is 4.94. The van der Waals surface area contributed by atoms with Gasteiger partial charge in [-0.2, -0.15) is 4.98 Å². The van der Waals surface area contributed by atoms with Gasteiger partial charge in [-0.05, 0) is 42.8 Å². The minimum atomic E-state index is 0.0156. The zero-order valence-electron chi connectivity index (χ0n) is 15.1. The molecule has 3 rings (SSSR count). The van der Waals surface area contributed by atoms with Gasteiger partial charge in [0.25, 0.3) is 0 Å². The van der Waals surface area contributed by atoms with Gasteiger partial charge in [-0.1, -0.05) is 54.6 Å². The van der Waals surface area contributed by atoms with E-state index in [9.17, 15) is 0 Å². The van der Waals surface area contributed by atoms with E-state index >= 15 is 0 Å². The van der Waals surface area contributed by atoms with Crippen LogP contribution in [0.5, 0.6) is 5.88 Å². The van der Waals surface area contributed by atoms with E-state index in [1.54, 1.807) is 6.07 Å². The zero-order chi connectivity index (χ0) is 19.3. The Morgan fingerprint density at radius 3 is 2.67 bits per heavy atom. The lowest BCUT2D eigenvalue weighted by Gasteiger charge is -2.38. The number of ether oxygens (including phenoxy) is 1. The highest BCUT2D eigenvalue weighted by molar-refractivity contribution is 7.80. The maximum Gasteiger partial charge on any atom is 0.233 e. The summed E-state index contributed by atoms with van der Waals surface area (Å²) in [5.41, 5.74) is 1.27. The van der Waals surface area contributed by atoms with Gasteiger partial charge in [-0.3, -0.25) is 0 Å². The van der Waals surface area contributed by atoms with Crippen molar-refractivity contribution in [2.75, 3.05) is 19.0 Å². The first-order valence-electron chi connectivity index (χ1n) is 8.90. The highest BCUT2D eigenvalue weighted by atomic mass is 35.5. The lowest BCUT2D eigenvalue weighted by molar-refractivity contribution is 0.292. The average Bonchev–Trinajstić information content (AvgIpc) is 2.66. The van der Waals surface area contributed by atoms with E-state index in [-0.39, 0.29) is 10.6 Å². The van der Waals surface area contributed by atoms with Gasteiger partial charge in [-0.25, -0.2) is 4.98 Å². The summed E-state index contributed by atoms with van der Waals surface area (Å²) in [6, 6.07) is 9.68. The number of hydrogen-bond donors (Lipinski definition) is 2. The van der Waals surface area contributed by atoms with Crippen LogP contribution in [0.1, 0.15) is 37.7 Å². The molecular weight excluding hydrogens is 403 g/mol. The Balaban J connectivity index is 1.70. The minimum Gasteiger partial charge on any atom is -0.481 e. The Morgan fingerprint density at radius 2 is 1.96 bits per heavy atom. The number of nitrogens with zero attached hydrogens (tertiary/aromatic N) is 2. The molecular formula is C19H22Cl2N4OS. The van der Waals surface area contributed by atoms with Crippen molar-refractivity contribution in [1.82, 2.24) is 15.3 Å². The zero-order valence-corrected chi connectivity index (χ0v) is 17.4. The second-order valence-corrected chi connectivity index (χ2v) is 7.95. The van der Waals surface area contributed by atoms with E-state index in [4.69, 9.17) is 40.2 Å². The molecule has 0 amide bonds. The summed E-state index contributed by atoms with van der Waals surface area (Å²) in [5.74, 6) is 0.681. The number of anilines is 1. The first-order chi connectivity index (χ1) is 13.0. The number of methoxy groups -OCH3 is 1. The Labute approximate surface area is 174 Å². The van der Waals surface area contributed by atoms with Gasteiger partial charge in [0.15, 0.2) is 5.11 Å². The highest BCUT2D eigenvalue weighted by Crippen LogP contribution is 2.39. The van der Waals surface area contributed by atoms with Crippen LogP contribution in [-0.2, 0) is 5.41 Å². The fraction of sp³-hybridized carbons (Fsp3) is 0.421. The van der Waals surface area contributed by atoms with Crippen LogP contribution >= 0.6 is 35.4 Å². The molecule has 1 aromatic carbocycles. The van der Waals surface area contributed by atoms with Crippen molar-refractivity contribution in [3.05, 3.63) is 46.1 Å². The molecule has 1 aliphatic rings. The van der Waals surface area contributed by atoms with Crippen LogP contribution in [-0.4, -0.2) is 28.7 Å². The molecule has 0 atom stereocenters.